The average molecular weight is 261 g/mol. The maximum absolute atomic E-state index is 12.2. The number of carbonyl (C=O) groups is 1. The highest BCUT2D eigenvalue weighted by Crippen LogP contribution is 2.27. The summed E-state index contributed by atoms with van der Waals surface area (Å²) in [6.07, 6.45) is 2.37. The molecule has 3 saturated heterocycles. The third-order valence-electron chi connectivity index (χ3n) is 4.10. The minimum Gasteiger partial charge on any atom is -0.346 e. The van der Waals surface area contributed by atoms with Crippen LogP contribution in [0.5, 0.6) is 0 Å². The number of rotatable bonds is 3. The van der Waals surface area contributed by atoms with Crippen LogP contribution in [0.2, 0.25) is 0 Å². The quantitative estimate of drug-likeness (QED) is 0.534. The lowest BCUT2D eigenvalue weighted by atomic mass is 9.84. The molecule has 6 heteroatoms. The zero-order valence-electron chi connectivity index (χ0n) is 10.8. The number of fused-ring (bicyclic) bond motifs is 3. The van der Waals surface area contributed by atoms with Crippen LogP contribution in [0.4, 0.5) is 5.82 Å². The van der Waals surface area contributed by atoms with Gasteiger partial charge in [-0.25, -0.2) is 10.8 Å². The van der Waals surface area contributed by atoms with E-state index < -0.39 is 0 Å². The van der Waals surface area contributed by atoms with Crippen LogP contribution in [0.3, 0.4) is 0 Å². The molecule has 0 radical (unpaired) electrons. The summed E-state index contributed by atoms with van der Waals surface area (Å²) in [5, 5.41) is 3.11. The van der Waals surface area contributed by atoms with Crippen LogP contribution in [0, 0.1) is 5.92 Å². The van der Waals surface area contributed by atoms with E-state index in [9.17, 15) is 4.79 Å². The maximum Gasteiger partial charge on any atom is 0.270 e. The first-order valence-corrected chi connectivity index (χ1v) is 6.73. The molecule has 0 aliphatic carbocycles. The standard InChI is InChI=1S/C13H19N5O/c14-17-12-3-1-2-10(15-12)13(19)16-11-8-18-6-4-9(11)5-7-18/h1-3,9,11H,4-8,14H2,(H,15,17)(H,16,19). The van der Waals surface area contributed by atoms with Gasteiger partial charge in [-0.15, -0.1) is 0 Å². The number of carbonyl (C=O) groups excluding carboxylic acids is 1. The zero-order valence-corrected chi connectivity index (χ0v) is 10.8. The van der Waals surface area contributed by atoms with Crippen molar-refractivity contribution in [2.45, 2.75) is 18.9 Å². The molecule has 4 heterocycles. The summed E-state index contributed by atoms with van der Waals surface area (Å²) in [6, 6.07) is 5.46. The highest BCUT2D eigenvalue weighted by Gasteiger charge is 2.35. The van der Waals surface area contributed by atoms with E-state index in [0.717, 1.165) is 6.54 Å². The van der Waals surface area contributed by atoms with Crippen molar-refractivity contribution in [3.05, 3.63) is 23.9 Å². The number of piperidine rings is 3. The van der Waals surface area contributed by atoms with Gasteiger partial charge in [0.15, 0.2) is 0 Å². The summed E-state index contributed by atoms with van der Waals surface area (Å²) in [5.41, 5.74) is 2.86. The lowest BCUT2D eigenvalue weighted by Crippen LogP contribution is -2.57. The van der Waals surface area contributed by atoms with Crippen molar-refractivity contribution in [2.75, 3.05) is 25.1 Å². The van der Waals surface area contributed by atoms with Gasteiger partial charge in [-0.05, 0) is 44.0 Å². The van der Waals surface area contributed by atoms with E-state index in [-0.39, 0.29) is 11.9 Å². The van der Waals surface area contributed by atoms with Crippen LogP contribution < -0.4 is 16.6 Å². The summed E-state index contributed by atoms with van der Waals surface area (Å²) in [4.78, 5) is 18.8. The minimum atomic E-state index is -0.115. The van der Waals surface area contributed by atoms with Crippen molar-refractivity contribution in [1.29, 1.82) is 0 Å². The Morgan fingerprint density at radius 1 is 1.37 bits per heavy atom. The first-order chi connectivity index (χ1) is 9.26. The Hall–Kier alpha value is -1.66. The van der Waals surface area contributed by atoms with Crippen LogP contribution in [0.15, 0.2) is 18.2 Å². The number of aromatic nitrogens is 1. The van der Waals surface area contributed by atoms with Crippen LogP contribution >= 0.6 is 0 Å². The van der Waals surface area contributed by atoms with E-state index in [1.165, 1.54) is 25.9 Å². The van der Waals surface area contributed by atoms with Crippen molar-refractivity contribution < 1.29 is 4.79 Å². The molecule has 102 valence electrons. The van der Waals surface area contributed by atoms with Gasteiger partial charge in [-0.3, -0.25) is 4.79 Å². The minimum absolute atomic E-state index is 0.115. The second-order valence-corrected chi connectivity index (χ2v) is 5.27. The van der Waals surface area contributed by atoms with E-state index in [1.54, 1.807) is 18.2 Å². The summed E-state index contributed by atoms with van der Waals surface area (Å²) in [5.74, 6) is 6.30. The van der Waals surface area contributed by atoms with Crippen LogP contribution in [0.25, 0.3) is 0 Å². The number of hydrogen-bond donors (Lipinski definition) is 3. The van der Waals surface area contributed by atoms with Gasteiger partial charge in [-0.1, -0.05) is 6.07 Å². The van der Waals surface area contributed by atoms with Crippen molar-refractivity contribution in [1.82, 2.24) is 15.2 Å². The van der Waals surface area contributed by atoms with Gasteiger partial charge < -0.3 is 15.6 Å². The number of anilines is 1. The van der Waals surface area contributed by atoms with Crippen molar-refractivity contribution in [3.63, 3.8) is 0 Å². The molecule has 0 aromatic carbocycles. The molecule has 3 fully saturated rings. The molecule has 0 spiro atoms. The molecule has 1 amide bonds. The Bertz CT molecular complexity index is 470. The fourth-order valence-corrected chi connectivity index (χ4v) is 3.01. The molecule has 2 bridgehead atoms. The number of nitrogens with one attached hydrogen (secondary N) is 2. The van der Waals surface area contributed by atoms with E-state index in [0.29, 0.717) is 17.4 Å². The van der Waals surface area contributed by atoms with Gasteiger partial charge in [0.2, 0.25) is 0 Å². The monoisotopic (exact) mass is 261 g/mol. The van der Waals surface area contributed by atoms with Gasteiger partial charge >= 0.3 is 0 Å². The molecular formula is C13H19N5O. The number of nitrogen functional groups attached to an aromatic ring is 1. The van der Waals surface area contributed by atoms with E-state index in [4.69, 9.17) is 5.84 Å². The van der Waals surface area contributed by atoms with Gasteiger partial charge in [-0.2, -0.15) is 0 Å². The molecule has 0 saturated carbocycles. The Labute approximate surface area is 112 Å². The SMILES string of the molecule is NNc1cccc(C(=O)NC2CN3CCC2CC3)n1. The van der Waals surface area contributed by atoms with E-state index >= 15 is 0 Å². The largest absolute Gasteiger partial charge is 0.346 e. The third-order valence-corrected chi connectivity index (χ3v) is 4.10. The summed E-state index contributed by atoms with van der Waals surface area (Å²) < 4.78 is 0. The van der Waals surface area contributed by atoms with Crippen LogP contribution in [-0.4, -0.2) is 41.5 Å². The van der Waals surface area contributed by atoms with Gasteiger partial charge in [0.1, 0.15) is 11.5 Å². The summed E-state index contributed by atoms with van der Waals surface area (Å²) in [7, 11) is 0. The molecule has 1 unspecified atom stereocenters. The summed E-state index contributed by atoms with van der Waals surface area (Å²) in [6.45, 7) is 3.30. The number of pyridine rings is 1. The number of amides is 1. The molecule has 4 rings (SSSR count). The van der Waals surface area contributed by atoms with Crippen molar-refractivity contribution in [2.24, 2.45) is 11.8 Å². The molecular weight excluding hydrogens is 242 g/mol. The lowest BCUT2D eigenvalue weighted by Gasteiger charge is -2.44. The van der Waals surface area contributed by atoms with Crippen molar-refractivity contribution in [3.8, 4) is 0 Å². The number of hydrogen-bond acceptors (Lipinski definition) is 5. The number of nitrogens with two attached hydrogens (primary N) is 1. The van der Waals surface area contributed by atoms with E-state index in [2.05, 4.69) is 20.6 Å². The average Bonchev–Trinajstić information content (AvgIpc) is 2.48. The zero-order chi connectivity index (χ0) is 13.2. The number of nitrogens with zero attached hydrogens (tertiary/aromatic N) is 2. The molecule has 1 aromatic heterocycles. The highest BCUT2D eigenvalue weighted by molar-refractivity contribution is 5.92. The predicted octanol–water partition coefficient (Wildman–Crippen LogP) is 0.191. The topological polar surface area (TPSA) is 83.3 Å². The van der Waals surface area contributed by atoms with Gasteiger partial charge in [0, 0.05) is 12.6 Å². The highest BCUT2D eigenvalue weighted by atomic mass is 16.2. The first kappa shape index (κ1) is 12.4. The van der Waals surface area contributed by atoms with E-state index in [1.807, 2.05) is 0 Å². The molecule has 1 aromatic rings. The predicted molar refractivity (Wildman–Crippen MR) is 72.5 cm³/mol. The fourth-order valence-electron chi connectivity index (χ4n) is 3.01. The Morgan fingerprint density at radius 2 is 2.16 bits per heavy atom. The van der Waals surface area contributed by atoms with Gasteiger partial charge in [0.25, 0.3) is 5.91 Å². The molecule has 3 aliphatic rings. The first-order valence-electron chi connectivity index (χ1n) is 6.73. The summed E-state index contributed by atoms with van der Waals surface area (Å²) >= 11 is 0. The molecule has 19 heavy (non-hydrogen) atoms. The smallest absolute Gasteiger partial charge is 0.270 e. The van der Waals surface area contributed by atoms with Crippen LogP contribution in [0.1, 0.15) is 23.3 Å². The van der Waals surface area contributed by atoms with Crippen LogP contribution in [-0.2, 0) is 0 Å². The Morgan fingerprint density at radius 3 is 2.79 bits per heavy atom. The second kappa shape index (κ2) is 5.14. The number of hydrazine groups is 1. The maximum atomic E-state index is 12.2. The van der Waals surface area contributed by atoms with Gasteiger partial charge in [0.05, 0.1) is 0 Å². The third kappa shape index (κ3) is 2.54. The normalized spacial score (nSPS) is 29.0. The lowest BCUT2D eigenvalue weighted by molar-refractivity contribution is 0.0618. The molecule has 3 aliphatic heterocycles. The Kier molecular flexibility index (Phi) is 3.35. The molecule has 1 atom stereocenters. The van der Waals surface area contributed by atoms with Crippen molar-refractivity contribution >= 4 is 11.7 Å². The Balaban J connectivity index is 1.67. The molecule has 6 nitrogen and oxygen atoms in total. The second-order valence-electron chi connectivity index (χ2n) is 5.27. The fraction of sp³-hybridized carbons (Fsp3) is 0.538. The molecule has 4 N–H and O–H groups in total.